The predicted molar refractivity (Wildman–Crippen MR) is 36.8 cm³/mol. The van der Waals surface area contributed by atoms with Crippen molar-refractivity contribution in [2.24, 2.45) is 11.3 Å². The number of hydrogen-bond acceptors (Lipinski definition) is 3. The summed E-state index contributed by atoms with van der Waals surface area (Å²) in [4.78, 5) is 22.0. The van der Waals surface area contributed by atoms with Crippen LogP contribution in [-0.4, -0.2) is 18.4 Å². The highest BCUT2D eigenvalue weighted by Gasteiger charge is 2.56. The van der Waals surface area contributed by atoms with Crippen LogP contribution in [0.1, 0.15) is 19.8 Å². The largest absolute Gasteiger partial charge is 0.465 e. The van der Waals surface area contributed by atoms with Gasteiger partial charge in [0.15, 0.2) is 0 Å². The monoisotopic (exact) mass is 154 g/mol. The van der Waals surface area contributed by atoms with Gasteiger partial charge in [0, 0.05) is 6.42 Å². The zero-order valence-corrected chi connectivity index (χ0v) is 6.42. The molecule has 2 rings (SSSR count). The van der Waals surface area contributed by atoms with Crippen molar-refractivity contribution in [3.63, 3.8) is 0 Å². The van der Waals surface area contributed by atoms with Gasteiger partial charge in [-0.3, -0.25) is 9.59 Å². The topological polar surface area (TPSA) is 43.4 Å². The molecule has 3 nitrogen and oxygen atoms in total. The highest BCUT2D eigenvalue weighted by atomic mass is 16.5. The van der Waals surface area contributed by atoms with E-state index in [0.717, 1.165) is 6.42 Å². The van der Waals surface area contributed by atoms with Crippen LogP contribution < -0.4 is 0 Å². The number of ketones is 1. The molecule has 1 saturated heterocycles. The van der Waals surface area contributed by atoms with Crippen molar-refractivity contribution in [1.29, 1.82) is 0 Å². The molecule has 0 radical (unpaired) electrons. The quantitative estimate of drug-likeness (QED) is 0.377. The third kappa shape index (κ3) is 0.737. The Morgan fingerprint density at radius 1 is 1.55 bits per heavy atom. The summed E-state index contributed by atoms with van der Waals surface area (Å²) in [5.41, 5.74) is -0.0631. The Morgan fingerprint density at radius 2 is 2.27 bits per heavy atom. The first-order valence-corrected chi connectivity index (χ1v) is 3.83. The molecule has 2 aliphatic rings. The highest BCUT2D eigenvalue weighted by Crippen LogP contribution is 2.48. The molecule has 0 amide bonds. The van der Waals surface area contributed by atoms with Crippen LogP contribution in [0.15, 0.2) is 0 Å². The summed E-state index contributed by atoms with van der Waals surface area (Å²) < 4.78 is 4.79. The molecule has 0 aromatic heterocycles. The van der Waals surface area contributed by atoms with Crippen molar-refractivity contribution >= 4 is 11.8 Å². The second-order valence-corrected chi connectivity index (χ2v) is 3.65. The van der Waals surface area contributed by atoms with Gasteiger partial charge in [0.2, 0.25) is 0 Å². The third-order valence-corrected chi connectivity index (χ3v) is 2.75. The number of esters is 1. The van der Waals surface area contributed by atoms with E-state index in [0.29, 0.717) is 13.0 Å². The minimum atomic E-state index is -0.434. The van der Waals surface area contributed by atoms with E-state index < -0.39 is 5.92 Å². The van der Waals surface area contributed by atoms with Crippen molar-refractivity contribution < 1.29 is 14.3 Å². The summed E-state index contributed by atoms with van der Waals surface area (Å²) in [5.74, 6) is -0.691. The molecule has 1 aliphatic carbocycles. The van der Waals surface area contributed by atoms with Crippen LogP contribution in [0.4, 0.5) is 0 Å². The van der Waals surface area contributed by atoms with Crippen molar-refractivity contribution in [1.82, 2.24) is 0 Å². The number of cyclic esters (lactones) is 1. The number of carbonyl (C=O) groups is 2. The van der Waals surface area contributed by atoms with Crippen molar-refractivity contribution in [2.75, 3.05) is 6.61 Å². The molecule has 0 bridgehead atoms. The number of ether oxygens (including phenoxy) is 1. The Morgan fingerprint density at radius 3 is 2.73 bits per heavy atom. The Bertz CT molecular complexity index is 233. The lowest BCUT2D eigenvalue weighted by atomic mass is 9.58. The summed E-state index contributed by atoms with van der Waals surface area (Å²) in [6.45, 7) is 2.47. The second kappa shape index (κ2) is 1.84. The van der Waals surface area contributed by atoms with Crippen molar-refractivity contribution in [2.45, 2.75) is 19.8 Å². The third-order valence-electron chi connectivity index (χ3n) is 2.75. The van der Waals surface area contributed by atoms with E-state index in [-0.39, 0.29) is 17.2 Å². The first-order valence-electron chi connectivity index (χ1n) is 3.83. The molecule has 2 fully saturated rings. The van der Waals surface area contributed by atoms with Crippen LogP contribution in [0.25, 0.3) is 0 Å². The molecular formula is C8H10O3. The van der Waals surface area contributed by atoms with Gasteiger partial charge in [-0.05, 0) is 11.8 Å². The van der Waals surface area contributed by atoms with Gasteiger partial charge in [-0.2, -0.15) is 0 Å². The van der Waals surface area contributed by atoms with Gasteiger partial charge in [-0.25, -0.2) is 0 Å². The fourth-order valence-electron chi connectivity index (χ4n) is 1.98. The van der Waals surface area contributed by atoms with E-state index in [1.165, 1.54) is 0 Å². The van der Waals surface area contributed by atoms with Gasteiger partial charge in [0.25, 0.3) is 0 Å². The molecule has 11 heavy (non-hydrogen) atoms. The van der Waals surface area contributed by atoms with Crippen LogP contribution in [0.5, 0.6) is 0 Å². The maximum Gasteiger partial charge on any atom is 0.317 e. The molecule has 1 saturated carbocycles. The first kappa shape index (κ1) is 6.83. The average Bonchev–Trinajstić information content (AvgIpc) is 1.84. The molecule has 2 atom stereocenters. The van der Waals surface area contributed by atoms with Crippen LogP contribution in [-0.2, 0) is 14.3 Å². The first-order chi connectivity index (χ1) is 5.13. The van der Waals surface area contributed by atoms with E-state index in [4.69, 9.17) is 4.74 Å². The molecule has 0 N–H and O–H groups in total. The lowest BCUT2D eigenvalue weighted by Gasteiger charge is -2.46. The van der Waals surface area contributed by atoms with E-state index in [1.54, 1.807) is 0 Å². The van der Waals surface area contributed by atoms with Crippen LogP contribution >= 0.6 is 0 Å². The number of carbonyl (C=O) groups excluding carboxylic acids is 2. The Kier molecular flexibility index (Phi) is 1.14. The number of rotatable bonds is 0. The smallest absolute Gasteiger partial charge is 0.317 e. The van der Waals surface area contributed by atoms with Crippen LogP contribution in [0.2, 0.25) is 0 Å². The van der Waals surface area contributed by atoms with Gasteiger partial charge < -0.3 is 4.74 Å². The zero-order chi connectivity index (χ0) is 8.06. The normalized spacial score (nSPS) is 42.5. The average molecular weight is 154 g/mol. The molecule has 1 aliphatic heterocycles. The minimum Gasteiger partial charge on any atom is -0.465 e. The molecule has 0 aromatic carbocycles. The van der Waals surface area contributed by atoms with Gasteiger partial charge in [0.05, 0.1) is 6.61 Å². The lowest BCUT2D eigenvalue weighted by molar-refractivity contribution is -0.177. The Hall–Kier alpha value is -0.860. The minimum absolute atomic E-state index is 0.0530. The number of hydrogen-bond donors (Lipinski definition) is 0. The fourth-order valence-corrected chi connectivity index (χ4v) is 1.98. The second-order valence-electron chi connectivity index (χ2n) is 3.65. The Balaban J connectivity index is 2.25. The molecule has 3 heteroatoms. The summed E-state index contributed by atoms with van der Waals surface area (Å²) in [5, 5.41) is 0. The van der Waals surface area contributed by atoms with Gasteiger partial charge in [0.1, 0.15) is 11.7 Å². The van der Waals surface area contributed by atoms with Crippen molar-refractivity contribution in [3.8, 4) is 0 Å². The summed E-state index contributed by atoms with van der Waals surface area (Å²) in [7, 11) is 0. The maximum atomic E-state index is 11.0. The molecule has 0 unspecified atom stereocenters. The summed E-state index contributed by atoms with van der Waals surface area (Å²) in [6, 6.07) is 0. The highest BCUT2D eigenvalue weighted by molar-refractivity contribution is 6.05. The van der Waals surface area contributed by atoms with Gasteiger partial charge in [-0.1, -0.05) is 6.92 Å². The SMILES string of the molecule is C[C@@]12CCOC(=O)[C@@H]1C(=O)C2. The summed E-state index contributed by atoms with van der Waals surface area (Å²) in [6.07, 6.45) is 1.40. The van der Waals surface area contributed by atoms with E-state index in [9.17, 15) is 9.59 Å². The number of fused-ring (bicyclic) bond motifs is 1. The fraction of sp³-hybridized carbons (Fsp3) is 0.750. The predicted octanol–water partition coefficient (Wildman–Crippen LogP) is 0.529. The maximum absolute atomic E-state index is 11.0. The van der Waals surface area contributed by atoms with Crippen LogP contribution in [0.3, 0.4) is 0 Å². The van der Waals surface area contributed by atoms with E-state index in [1.807, 2.05) is 6.92 Å². The molecular weight excluding hydrogens is 144 g/mol. The lowest BCUT2D eigenvalue weighted by Crippen LogP contribution is -2.54. The molecule has 0 aromatic rings. The molecule has 1 heterocycles. The zero-order valence-electron chi connectivity index (χ0n) is 6.42. The number of Topliss-reactive ketones (excluding diaryl/α,β-unsaturated/α-hetero) is 1. The van der Waals surface area contributed by atoms with Crippen LogP contribution in [0, 0.1) is 11.3 Å². The van der Waals surface area contributed by atoms with Gasteiger partial charge >= 0.3 is 5.97 Å². The summed E-state index contributed by atoms with van der Waals surface area (Å²) >= 11 is 0. The standard InChI is InChI=1S/C8H10O3/c1-8-2-3-11-7(10)6(8)5(9)4-8/h6H,2-4H2,1H3/t6-,8-/m0/s1. The van der Waals surface area contributed by atoms with Crippen molar-refractivity contribution in [3.05, 3.63) is 0 Å². The van der Waals surface area contributed by atoms with E-state index >= 15 is 0 Å². The molecule has 0 spiro atoms. The van der Waals surface area contributed by atoms with Gasteiger partial charge in [-0.15, -0.1) is 0 Å². The van der Waals surface area contributed by atoms with E-state index in [2.05, 4.69) is 0 Å². The molecule has 60 valence electrons. The Labute approximate surface area is 64.7 Å².